The number of hydrogen-bond acceptors (Lipinski definition) is 3. The molecule has 2 amide bonds. The van der Waals surface area contributed by atoms with Crippen LogP contribution in [-0.4, -0.2) is 21.1 Å². The van der Waals surface area contributed by atoms with Crippen molar-refractivity contribution in [3.63, 3.8) is 0 Å². The molecule has 0 aliphatic heterocycles. The number of halogens is 3. The highest BCUT2D eigenvalue weighted by atomic mass is 19.4. The van der Waals surface area contributed by atoms with E-state index < -0.39 is 17.8 Å². The molecule has 0 saturated carbocycles. The fourth-order valence-electron chi connectivity index (χ4n) is 2.99. The van der Waals surface area contributed by atoms with E-state index in [0.717, 1.165) is 34.2 Å². The number of alkyl halides is 3. The Kier molecular flexibility index (Phi) is 4.78. The molecule has 4 aromatic rings. The molecule has 0 unspecified atom stereocenters. The van der Waals surface area contributed by atoms with Crippen LogP contribution >= 0.6 is 0 Å². The van der Waals surface area contributed by atoms with E-state index >= 15 is 0 Å². The minimum Gasteiger partial charge on any atom is -0.493 e. The van der Waals surface area contributed by atoms with Gasteiger partial charge in [-0.1, -0.05) is 6.07 Å². The maximum Gasteiger partial charge on any atom is 0.416 e. The number of carbonyl (C=O) groups is 1. The summed E-state index contributed by atoms with van der Waals surface area (Å²) < 4.78 is 37.9. The third-order valence-electron chi connectivity index (χ3n) is 4.48. The highest BCUT2D eigenvalue weighted by Gasteiger charge is 2.30. The number of amides is 2. The molecular formula is C21H15F3N4O2. The number of rotatable bonds is 3. The number of fused-ring (bicyclic) bond motifs is 1. The fourth-order valence-corrected chi connectivity index (χ4v) is 2.99. The number of benzene rings is 2. The molecule has 0 aliphatic rings. The molecule has 4 N–H and O–H groups in total. The van der Waals surface area contributed by atoms with Gasteiger partial charge in [-0.2, -0.15) is 13.2 Å². The standard InChI is InChI=1S/C21H15F3N4O2/c22-21(23,24)14-3-5-15(6-4-14)27-20(30)28-18-11-25-17-7-1-12(9-16(17)18)13-2-8-19(29)26-10-13/h1-11,25H,(H,26,29)(H2,27,28,30). The topological polar surface area (TPSA) is 90.0 Å². The van der Waals surface area contributed by atoms with E-state index in [1.807, 2.05) is 18.2 Å². The molecule has 6 nitrogen and oxygen atoms in total. The van der Waals surface area contributed by atoms with E-state index in [9.17, 15) is 23.1 Å². The van der Waals surface area contributed by atoms with Crippen LogP contribution in [0.1, 0.15) is 5.56 Å². The lowest BCUT2D eigenvalue weighted by atomic mass is 10.1. The largest absolute Gasteiger partial charge is 0.493 e. The van der Waals surface area contributed by atoms with E-state index in [1.165, 1.54) is 24.4 Å². The zero-order valence-corrected chi connectivity index (χ0v) is 15.3. The van der Waals surface area contributed by atoms with Crippen LogP contribution in [0.5, 0.6) is 5.88 Å². The number of pyridine rings is 1. The van der Waals surface area contributed by atoms with Crippen LogP contribution in [0.4, 0.5) is 29.3 Å². The Bertz CT molecular complexity index is 1200. The third-order valence-corrected chi connectivity index (χ3v) is 4.48. The van der Waals surface area contributed by atoms with Gasteiger partial charge in [0, 0.05) is 40.6 Å². The van der Waals surface area contributed by atoms with Crippen molar-refractivity contribution in [2.24, 2.45) is 0 Å². The molecule has 0 atom stereocenters. The van der Waals surface area contributed by atoms with Crippen LogP contribution in [0.2, 0.25) is 0 Å². The number of aromatic hydroxyl groups is 1. The lowest BCUT2D eigenvalue weighted by Crippen LogP contribution is -2.19. The van der Waals surface area contributed by atoms with Crippen LogP contribution < -0.4 is 10.6 Å². The Labute approximate surface area is 168 Å². The molecule has 0 radical (unpaired) electrons. The van der Waals surface area contributed by atoms with Crippen molar-refractivity contribution in [1.82, 2.24) is 9.97 Å². The number of carbonyl (C=O) groups excluding carboxylic acids is 1. The number of urea groups is 1. The second-order valence-electron chi connectivity index (χ2n) is 6.52. The van der Waals surface area contributed by atoms with Crippen molar-refractivity contribution >= 4 is 28.3 Å². The average Bonchev–Trinajstić information content (AvgIpc) is 3.10. The average molecular weight is 412 g/mol. The highest BCUT2D eigenvalue weighted by Crippen LogP contribution is 2.31. The van der Waals surface area contributed by atoms with Crippen molar-refractivity contribution in [3.8, 4) is 17.0 Å². The molecule has 0 spiro atoms. The minimum absolute atomic E-state index is 0.0798. The summed E-state index contributed by atoms with van der Waals surface area (Å²) in [6.45, 7) is 0. The van der Waals surface area contributed by atoms with Crippen molar-refractivity contribution in [2.75, 3.05) is 10.6 Å². The van der Waals surface area contributed by atoms with Gasteiger partial charge in [-0.25, -0.2) is 9.78 Å². The lowest BCUT2D eigenvalue weighted by molar-refractivity contribution is -0.137. The van der Waals surface area contributed by atoms with Crippen LogP contribution in [0.3, 0.4) is 0 Å². The van der Waals surface area contributed by atoms with Gasteiger partial charge in [0.05, 0.1) is 11.3 Å². The molecule has 9 heteroatoms. The highest BCUT2D eigenvalue weighted by molar-refractivity contribution is 6.06. The van der Waals surface area contributed by atoms with Gasteiger partial charge in [0.1, 0.15) is 0 Å². The van der Waals surface area contributed by atoms with Crippen LogP contribution in [-0.2, 0) is 6.18 Å². The molecule has 4 rings (SSSR count). The SMILES string of the molecule is O=C(Nc1ccc(C(F)(F)F)cc1)Nc1c[nH]c2ccc(-c3ccc(O)nc3)cc12. The van der Waals surface area contributed by atoms with Crippen molar-refractivity contribution in [2.45, 2.75) is 6.18 Å². The van der Waals surface area contributed by atoms with Gasteiger partial charge in [0.15, 0.2) is 0 Å². The Balaban J connectivity index is 1.52. The molecule has 30 heavy (non-hydrogen) atoms. The number of anilines is 2. The first-order valence-corrected chi connectivity index (χ1v) is 8.81. The van der Waals surface area contributed by atoms with Gasteiger partial charge in [0.25, 0.3) is 0 Å². The number of nitrogens with one attached hydrogen (secondary N) is 3. The van der Waals surface area contributed by atoms with Crippen LogP contribution in [0.25, 0.3) is 22.0 Å². The van der Waals surface area contributed by atoms with E-state index in [4.69, 9.17) is 0 Å². The minimum atomic E-state index is -4.43. The summed E-state index contributed by atoms with van der Waals surface area (Å²) in [5.41, 5.74) is 2.35. The van der Waals surface area contributed by atoms with Gasteiger partial charge >= 0.3 is 12.2 Å². The summed E-state index contributed by atoms with van der Waals surface area (Å²) in [6.07, 6.45) is -1.28. The summed E-state index contributed by atoms with van der Waals surface area (Å²) in [5, 5.41) is 15.3. The fraction of sp³-hybridized carbons (Fsp3) is 0.0476. The zero-order valence-electron chi connectivity index (χ0n) is 15.3. The van der Waals surface area contributed by atoms with Gasteiger partial charge < -0.3 is 20.7 Å². The van der Waals surface area contributed by atoms with Crippen molar-refractivity contribution in [1.29, 1.82) is 0 Å². The summed E-state index contributed by atoms with van der Waals surface area (Å²) in [5.74, 6) is -0.0798. The third kappa shape index (κ3) is 4.04. The summed E-state index contributed by atoms with van der Waals surface area (Å²) >= 11 is 0. The number of aromatic nitrogens is 2. The number of aromatic amines is 1. The Hall–Kier alpha value is -4.01. The summed E-state index contributed by atoms with van der Waals surface area (Å²) in [4.78, 5) is 19.2. The normalized spacial score (nSPS) is 11.4. The molecular weight excluding hydrogens is 397 g/mol. The number of H-pyrrole nitrogens is 1. The Morgan fingerprint density at radius 3 is 2.37 bits per heavy atom. The van der Waals surface area contributed by atoms with E-state index in [1.54, 1.807) is 12.3 Å². The van der Waals surface area contributed by atoms with Gasteiger partial charge in [-0.15, -0.1) is 0 Å². The van der Waals surface area contributed by atoms with E-state index in [2.05, 4.69) is 20.6 Å². The molecule has 2 aromatic heterocycles. The first-order valence-electron chi connectivity index (χ1n) is 8.81. The molecule has 0 fully saturated rings. The predicted molar refractivity (Wildman–Crippen MR) is 107 cm³/mol. The summed E-state index contributed by atoms with van der Waals surface area (Å²) in [7, 11) is 0. The Morgan fingerprint density at radius 2 is 1.70 bits per heavy atom. The molecule has 0 bridgehead atoms. The molecule has 0 aliphatic carbocycles. The number of hydrogen-bond donors (Lipinski definition) is 4. The predicted octanol–water partition coefficient (Wildman–Crippen LogP) is 5.60. The quantitative estimate of drug-likeness (QED) is 0.353. The molecule has 0 saturated heterocycles. The van der Waals surface area contributed by atoms with Crippen LogP contribution in [0, 0.1) is 0 Å². The second kappa shape index (κ2) is 7.43. The smallest absolute Gasteiger partial charge is 0.416 e. The second-order valence-corrected chi connectivity index (χ2v) is 6.52. The maximum absolute atomic E-state index is 12.6. The number of nitrogens with zero attached hydrogens (tertiary/aromatic N) is 1. The molecule has 152 valence electrons. The first kappa shape index (κ1) is 19.3. The zero-order chi connectivity index (χ0) is 21.3. The lowest BCUT2D eigenvalue weighted by Gasteiger charge is -2.10. The van der Waals surface area contributed by atoms with Gasteiger partial charge in [-0.3, -0.25) is 0 Å². The molecule has 2 aromatic carbocycles. The van der Waals surface area contributed by atoms with E-state index in [0.29, 0.717) is 5.69 Å². The summed E-state index contributed by atoms with van der Waals surface area (Å²) in [6, 6.07) is 12.4. The Morgan fingerprint density at radius 1 is 0.967 bits per heavy atom. The first-order chi connectivity index (χ1) is 14.3. The van der Waals surface area contributed by atoms with Crippen LogP contribution in [0.15, 0.2) is 67.0 Å². The monoisotopic (exact) mass is 412 g/mol. The van der Waals surface area contributed by atoms with E-state index in [-0.39, 0.29) is 11.6 Å². The molecule has 2 heterocycles. The van der Waals surface area contributed by atoms with Gasteiger partial charge in [0.2, 0.25) is 5.88 Å². The van der Waals surface area contributed by atoms with Crippen molar-refractivity contribution < 1.29 is 23.1 Å². The van der Waals surface area contributed by atoms with Crippen molar-refractivity contribution in [3.05, 3.63) is 72.6 Å². The maximum atomic E-state index is 12.6. The van der Waals surface area contributed by atoms with Gasteiger partial charge in [-0.05, 0) is 48.0 Å².